The molecule has 0 atom stereocenters. The first-order valence-electron chi connectivity index (χ1n) is 10.6. The molecule has 7 nitrogen and oxygen atoms in total. The Balaban J connectivity index is 1.61. The number of aromatic nitrogens is 3. The van der Waals surface area contributed by atoms with Gasteiger partial charge in [0.2, 0.25) is 5.82 Å². The van der Waals surface area contributed by atoms with Gasteiger partial charge in [0.1, 0.15) is 0 Å². The predicted molar refractivity (Wildman–Crippen MR) is 122 cm³/mol. The summed E-state index contributed by atoms with van der Waals surface area (Å²) in [5, 5.41) is 12.7. The van der Waals surface area contributed by atoms with Crippen LogP contribution in [0.15, 0.2) is 65.3 Å². The fourth-order valence-corrected chi connectivity index (χ4v) is 3.69. The molecular weight excluding hydrogens is 461 g/mol. The molecule has 180 valence electrons. The first kappa shape index (κ1) is 24.1. The van der Waals surface area contributed by atoms with Crippen molar-refractivity contribution >= 4 is 5.97 Å². The molecule has 0 radical (unpaired) electrons. The van der Waals surface area contributed by atoms with E-state index in [0.717, 1.165) is 11.6 Å². The Morgan fingerprint density at radius 3 is 2.46 bits per heavy atom. The zero-order valence-corrected chi connectivity index (χ0v) is 18.9. The normalized spacial score (nSPS) is 11.7. The SMILES string of the molecule is Cc1ccccc1-c1ccc(-c2nc(-c3ccc(CN(C)CC(=O)O)nc3)no2)cc1C(F)(F)F. The van der Waals surface area contributed by atoms with E-state index in [-0.39, 0.29) is 29.4 Å². The molecule has 0 saturated heterocycles. The number of benzene rings is 2. The molecule has 0 bridgehead atoms. The number of likely N-dealkylation sites (N-methyl/N-ethyl adjacent to an activating group) is 1. The Hall–Kier alpha value is -4.05. The number of hydrogen-bond acceptors (Lipinski definition) is 6. The van der Waals surface area contributed by atoms with Crippen LogP contribution < -0.4 is 0 Å². The molecule has 35 heavy (non-hydrogen) atoms. The van der Waals surface area contributed by atoms with E-state index in [1.54, 1.807) is 55.3 Å². The highest BCUT2D eigenvalue weighted by molar-refractivity contribution is 5.74. The van der Waals surface area contributed by atoms with Crippen molar-refractivity contribution in [1.29, 1.82) is 0 Å². The third kappa shape index (κ3) is 5.55. The minimum Gasteiger partial charge on any atom is -0.480 e. The average Bonchev–Trinajstić information content (AvgIpc) is 3.29. The summed E-state index contributed by atoms with van der Waals surface area (Å²) in [6.45, 7) is 1.97. The summed E-state index contributed by atoms with van der Waals surface area (Å²) < 4.78 is 47.0. The van der Waals surface area contributed by atoms with E-state index in [1.807, 2.05) is 0 Å². The number of hydrogen-bond donors (Lipinski definition) is 1. The number of pyridine rings is 1. The number of carboxylic acid groups (broad SMARTS) is 1. The van der Waals surface area contributed by atoms with E-state index in [4.69, 9.17) is 9.63 Å². The van der Waals surface area contributed by atoms with Gasteiger partial charge in [-0.15, -0.1) is 0 Å². The highest BCUT2D eigenvalue weighted by Crippen LogP contribution is 2.40. The summed E-state index contributed by atoms with van der Waals surface area (Å²) in [6.07, 6.45) is -3.08. The third-order valence-corrected chi connectivity index (χ3v) is 5.35. The van der Waals surface area contributed by atoms with Gasteiger partial charge in [0.15, 0.2) is 0 Å². The second-order valence-electron chi connectivity index (χ2n) is 8.10. The smallest absolute Gasteiger partial charge is 0.417 e. The van der Waals surface area contributed by atoms with Crippen LogP contribution in [0.3, 0.4) is 0 Å². The molecule has 0 unspecified atom stereocenters. The van der Waals surface area contributed by atoms with Crippen molar-refractivity contribution in [3.05, 3.63) is 77.6 Å². The van der Waals surface area contributed by atoms with Gasteiger partial charge >= 0.3 is 12.1 Å². The fourth-order valence-electron chi connectivity index (χ4n) is 3.69. The maximum Gasteiger partial charge on any atom is 0.417 e. The average molecular weight is 482 g/mol. The molecule has 2 heterocycles. The summed E-state index contributed by atoms with van der Waals surface area (Å²) in [7, 11) is 1.66. The Morgan fingerprint density at radius 1 is 1.06 bits per heavy atom. The zero-order valence-electron chi connectivity index (χ0n) is 18.9. The molecule has 0 fully saturated rings. The summed E-state index contributed by atoms with van der Waals surface area (Å²) >= 11 is 0. The largest absolute Gasteiger partial charge is 0.480 e. The predicted octanol–water partition coefficient (Wildman–Crippen LogP) is 5.31. The van der Waals surface area contributed by atoms with Gasteiger partial charge in [0, 0.05) is 23.9 Å². The van der Waals surface area contributed by atoms with E-state index in [2.05, 4.69) is 15.1 Å². The number of alkyl halides is 3. The van der Waals surface area contributed by atoms with Crippen molar-refractivity contribution in [2.45, 2.75) is 19.6 Å². The van der Waals surface area contributed by atoms with Crippen molar-refractivity contribution in [1.82, 2.24) is 20.0 Å². The number of carbonyl (C=O) groups is 1. The molecule has 4 rings (SSSR count). The van der Waals surface area contributed by atoms with E-state index in [9.17, 15) is 18.0 Å². The third-order valence-electron chi connectivity index (χ3n) is 5.35. The number of aryl methyl sites for hydroxylation is 1. The lowest BCUT2D eigenvalue weighted by Crippen LogP contribution is -2.25. The van der Waals surface area contributed by atoms with Crippen LogP contribution in [-0.2, 0) is 17.5 Å². The van der Waals surface area contributed by atoms with Crippen LogP contribution in [0.2, 0.25) is 0 Å². The summed E-state index contributed by atoms with van der Waals surface area (Å²) in [6, 6.07) is 14.2. The molecule has 2 aromatic carbocycles. The lowest BCUT2D eigenvalue weighted by molar-refractivity contribution is -0.138. The molecule has 2 aromatic heterocycles. The molecule has 1 N–H and O–H groups in total. The highest BCUT2D eigenvalue weighted by Gasteiger charge is 2.34. The van der Waals surface area contributed by atoms with E-state index >= 15 is 0 Å². The summed E-state index contributed by atoms with van der Waals surface area (Å²) in [5.41, 5.74) is 1.81. The Labute approximate surface area is 198 Å². The van der Waals surface area contributed by atoms with E-state index < -0.39 is 17.7 Å². The highest BCUT2D eigenvalue weighted by atomic mass is 19.4. The second-order valence-corrected chi connectivity index (χ2v) is 8.10. The molecule has 0 aliphatic rings. The molecule has 4 aromatic rings. The topological polar surface area (TPSA) is 92.4 Å². The van der Waals surface area contributed by atoms with Crippen molar-refractivity contribution in [2.24, 2.45) is 0 Å². The van der Waals surface area contributed by atoms with Gasteiger partial charge in [0.05, 0.1) is 17.8 Å². The van der Waals surface area contributed by atoms with Crippen molar-refractivity contribution in [3.63, 3.8) is 0 Å². The first-order chi connectivity index (χ1) is 16.6. The van der Waals surface area contributed by atoms with Crippen LogP contribution in [-0.4, -0.2) is 44.7 Å². The fraction of sp³-hybridized carbons (Fsp3) is 0.200. The molecule has 10 heteroatoms. The standard InChI is InChI=1S/C25H21F3N4O3/c1-15-5-3-4-6-19(15)20-10-8-16(11-21(20)25(26,27)28)24-30-23(31-35-24)17-7-9-18(29-12-17)13-32(2)14-22(33)34/h3-12H,13-14H2,1-2H3,(H,33,34). The van der Waals surface area contributed by atoms with Gasteiger partial charge in [-0.25, -0.2) is 0 Å². The van der Waals surface area contributed by atoms with Gasteiger partial charge < -0.3 is 9.63 Å². The Kier molecular flexibility index (Phi) is 6.65. The Bertz CT molecular complexity index is 1350. The maximum absolute atomic E-state index is 13.9. The second kappa shape index (κ2) is 9.67. The van der Waals surface area contributed by atoms with Gasteiger partial charge in [0.25, 0.3) is 5.89 Å². The quantitative estimate of drug-likeness (QED) is 0.382. The minimum absolute atomic E-state index is 0.0490. The molecule has 0 amide bonds. The first-order valence-corrected chi connectivity index (χ1v) is 10.6. The van der Waals surface area contributed by atoms with Crippen LogP contribution in [0.5, 0.6) is 0 Å². The molecule has 0 spiro atoms. The number of carboxylic acids is 1. The van der Waals surface area contributed by atoms with Crippen molar-refractivity contribution in [3.8, 4) is 34.0 Å². The lowest BCUT2D eigenvalue weighted by Gasteiger charge is -2.15. The summed E-state index contributed by atoms with van der Waals surface area (Å²) in [4.78, 5) is 20.9. The number of rotatable bonds is 7. The lowest BCUT2D eigenvalue weighted by atomic mass is 9.94. The number of nitrogens with zero attached hydrogens (tertiary/aromatic N) is 4. The van der Waals surface area contributed by atoms with E-state index in [1.165, 1.54) is 18.3 Å². The van der Waals surface area contributed by atoms with Crippen molar-refractivity contribution in [2.75, 3.05) is 13.6 Å². The summed E-state index contributed by atoms with van der Waals surface area (Å²) in [5.74, 6) is -0.814. The minimum atomic E-state index is -4.58. The van der Waals surface area contributed by atoms with Crippen molar-refractivity contribution < 1.29 is 27.6 Å². The van der Waals surface area contributed by atoms with Crippen LogP contribution in [0.4, 0.5) is 13.2 Å². The van der Waals surface area contributed by atoms with Crippen LogP contribution >= 0.6 is 0 Å². The van der Waals surface area contributed by atoms with Gasteiger partial charge in [-0.2, -0.15) is 18.2 Å². The Morgan fingerprint density at radius 2 is 1.80 bits per heavy atom. The zero-order chi connectivity index (χ0) is 25.2. The molecule has 0 aliphatic carbocycles. The van der Waals surface area contributed by atoms with Crippen LogP contribution in [0.1, 0.15) is 16.8 Å². The molecule has 0 aliphatic heterocycles. The van der Waals surface area contributed by atoms with Gasteiger partial charge in [-0.05, 0) is 54.9 Å². The van der Waals surface area contributed by atoms with Gasteiger partial charge in [-0.3, -0.25) is 14.7 Å². The van der Waals surface area contributed by atoms with E-state index in [0.29, 0.717) is 23.4 Å². The number of halogens is 3. The monoisotopic (exact) mass is 482 g/mol. The molecule has 0 saturated carbocycles. The van der Waals surface area contributed by atoms with Crippen LogP contribution in [0.25, 0.3) is 34.0 Å². The number of aliphatic carboxylic acids is 1. The molecular formula is C25H21F3N4O3. The van der Waals surface area contributed by atoms with Gasteiger partial charge in [-0.1, -0.05) is 35.5 Å². The maximum atomic E-state index is 13.9. The van der Waals surface area contributed by atoms with Crippen LogP contribution in [0, 0.1) is 6.92 Å².